The lowest BCUT2D eigenvalue weighted by molar-refractivity contribution is -0.139. The molecule has 6 nitrogen and oxygen atoms in total. The summed E-state index contributed by atoms with van der Waals surface area (Å²) in [6.07, 6.45) is -10.1. The highest BCUT2D eigenvalue weighted by Crippen LogP contribution is 2.26. The summed E-state index contributed by atoms with van der Waals surface area (Å²) >= 11 is 5.71. The summed E-state index contributed by atoms with van der Waals surface area (Å²) in [6, 6.07) is -5.59. The Morgan fingerprint density at radius 3 is 2.07 bits per heavy atom. The summed E-state index contributed by atoms with van der Waals surface area (Å²) in [5.41, 5.74) is -0.548. The number of nitrogens with one attached hydrogen (secondary N) is 2. The van der Waals surface area contributed by atoms with Crippen LogP contribution in [0.2, 0.25) is 5.15 Å². The summed E-state index contributed by atoms with van der Waals surface area (Å²) in [7, 11) is 0. The van der Waals surface area contributed by atoms with Crippen LogP contribution in [-0.2, 0) is 0 Å². The number of rotatable bonds is 5. The fourth-order valence-corrected chi connectivity index (χ4v) is 1.67. The first kappa shape index (κ1) is 14.7. The van der Waals surface area contributed by atoms with Gasteiger partial charge in [-0.25, -0.2) is 4.98 Å². The molecule has 148 valence electrons. The van der Waals surface area contributed by atoms with Crippen molar-refractivity contribution in [1.29, 1.82) is 0 Å². The molecule has 0 fully saturated rings. The van der Waals surface area contributed by atoms with Crippen LogP contribution < -0.4 is 10.6 Å². The number of alkyl halides is 6. The normalized spacial score (nSPS) is 17.7. The fourth-order valence-electron chi connectivity index (χ4n) is 1.53. The van der Waals surface area contributed by atoms with Crippen molar-refractivity contribution in [3.05, 3.63) is 23.3 Å². The van der Waals surface area contributed by atoms with Gasteiger partial charge in [-0.1, -0.05) is 17.6 Å². The van der Waals surface area contributed by atoms with E-state index in [0.717, 1.165) is 6.07 Å². The molecule has 0 amide bonds. The molecule has 27 heavy (non-hydrogen) atoms. The van der Waals surface area contributed by atoms with E-state index in [1.807, 2.05) is 5.32 Å². The molecular formula is C14H13ClF6N6. The predicted octanol–water partition coefficient (Wildman–Crippen LogP) is 4.31. The van der Waals surface area contributed by atoms with Crippen LogP contribution in [0.25, 0.3) is 11.5 Å². The molecular weight excluding hydrogens is 402 g/mol. The molecule has 2 aromatic rings. The summed E-state index contributed by atoms with van der Waals surface area (Å²) in [6.45, 7) is -2.95. The summed E-state index contributed by atoms with van der Waals surface area (Å²) in [4.78, 5) is 14.2. The van der Waals surface area contributed by atoms with Gasteiger partial charge < -0.3 is 10.6 Å². The van der Waals surface area contributed by atoms with Gasteiger partial charge >= 0.3 is 12.4 Å². The summed E-state index contributed by atoms with van der Waals surface area (Å²) in [5, 5.41) is 3.02. The molecule has 0 aliphatic heterocycles. The van der Waals surface area contributed by atoms with Crippen LogP contribution in [0.1, 0.15) is 20.6 Å². The second-order valence-corrected chi connectivity index (χ2v) is 5.42. The molecule has 0 saturated carbocycles. The van der Waals surface area contributed by atoms with Gasteiger partial charge in [0.1, 0.15) is 22.9 Å². The first-order valence-corrected chi connectivity index (χ1v) is 7.34. The maximum absolute atomic E-state index is 13.2. The Morgan fingerprint density at radius 2 is 1.56 bits per heavy atom. The SMILES string of the molecule is [2H]c1cc(Cl)nc(-c2nc(NC(C)C(F)(F)F)nc(NC(C([2H])([2H])[2H])C(F)(F)F)n2)c1[2H]. The smallest absolute Gasteiger partial charge is 0.343 e. The standard InChI is InChI=1S/C14H13ClF6N6/c1-6(13(16,17)18)22-11-25-10(8-4-3-5-9(15)24-8)26-12(27-11)23-7(2)14(19,20)21/h3-7H,1-2H3,(H2,22,23,25,26,27)/i1D3,3D,4D. The third-order valence-corrected chi connectivity index (χ3v) is 3.08. The van der Waals surface area contributed by atoms with E-state index in [2.05, 4.69) is 19.9 Å². The number of aromatic nitrogens is 4. The van der Waals surface area contributed by atoms with Gasteiger partial charge in [-0.15, -0.1) is 0 Å². The molecule has 2 unspecified atom stereocenters. The van der Waals surface area contributed by atoms with Gasteiger partial charge in [-0.05, 0) is 25.9 Å². The molecule has 2 N–H and O–H groups in total. The van der Waals surface area contributed by atoms with Gasteiger partial charge in [0.05, 0.1) is 2.74 Å². The second-order valence-electron chi connectivity index (χ2n) is 5.03. The minimum absolute atomic E-state index is 0.329. The van der Waals surface area contributed by atoms with Crippen LogP contribution in [0.15, 0.2) is 18.2 Å². The highest BCUT2D eigenvalue weighted by Gasteiger charge is 2.38. The molecule has 2 rings (SSSR count). The second kappa shape index (κ2) is 7.71. The molecule has 2 aromatic heterocycles. The Hall–Kier alpha value is -2.37. The Kier molecular flexibility index (Phi) is 4.18. The zero-order valence-electron chi connectivity index (χ0n) is 18.2. The molecule has 0 aliphatic rings. The van der Waals surface area contributed by atoms with Crippen molar-refractivity contribution in [2.24, 2.45) is 0 Å². The van der Waals surface area contributed by atoms with Crippen molar-refractivity contribution in [3.63, 3.8) is 0 Å². The monoisotopic (exact) mass is 419 g/mol. The summed E-state index contributed by atoms with van der Waals surface area (Å²) in [5.74, 6) is -2.66. The number of nitrogens with zero attached hydrogens (tertiary/aromatic N) is 4. The molecule has 0 bridgehead atoms. The summed E-state index contributed by atoms with van der Waals surface area (Å²) < 4.78 is 115. The van der Waals surface area contributed by atoms with Crippen molar-refractivity contribution >= 4 is 23.5 Å². The number of hydrogen-bond donors (Lipinski definition) is 2. The Morgan fingerprint density at radius 1 is 1.00 bits per heavy atom. The quantitative estimate of drug-likeness (QED) is 0.555. The van der Waals surface area contributed by atoms with Crippen molar-refractivity contribution < 1.29 is 33.2 Å². The number of anilines is 2. The lowest BCUT2D eigenvalue weighted by Crippen LogP contribution is -2.35. The van der Waals surface area contributed by atoms with E-state index in [9.17, 15) is 26.3 Å². The van der Waals surface area contributed by atoms with Crippen molar-refractivity contribution in [3.8, 4) is 11.5 Å². The minimum Gasteiger partial charge on any atom is -0.343 e. The zero-order valence-corrected chi connectivity index (χ0v) is 13.9. The molecule has 0 spiro atoms. The first-order chi connectivity index (χ1) is 14.4. The molecule has 0 saturated heterocycles. The predicted molar refractivity (Wildman–Crippen MR) is 86.3 cm³/mol. The van der Waals surface area contributed by atoms with Crippen molar-refractivity contribution in [2.75, 3.05) is 10.6 Å². The van der Waals surface area contributed by atoms with Crippen LogP contribution in [-0.4, -0.2) is 44.4 Å². The average Bonchev–Trinajstić information content (AvgIpc) is 2.59. The van der Waals surface area contributed by atoms with E-state index in [4.69, 9.17) is 18.5 Å². The van der Waals surface area contributed by atoms with Crippen LogP contribution >= 0.6 is 11.6 Å². The molecule has 0 aromatic carbocycles. The molecule has 0 aliphatic carbocycles. The number of hydrogen-bond acceptors (Lipinski definition) is 6. The van der Waals surface area contributed by atoms with E-state index in [1.165, 1.54) is 5.32 Å². The lowest BCUT2D eigenvalue weighted by Gasteiger charge is -2.20. The average molecular weight is 420 g/mol. The third-order valence-electron chi connectivity index (χ3n) is 2.89. The topological polar surface area (TPSA) is 75.6 Å². The molecule has 2 heterocycles. The molecule has 13 heteroatoms. The van der Waals surface area contributed by atoms with Crippen LogP contribution in [0.4, 0.5) is 38.2 Å². The third kappa shape index (κ3) is 5.81. The van der Waals surface area contributed by atoms with Crippen LogP contribution in [0.3, 0.4) is 0 Å². The van der Waals surface area contributed by atoms with Crippen LogP contribution in [0.5, 0.6) is 0 Å². The van der Waals surface area contributed by atoms with Gasteiger partial charge in [0.15, 0.2) is 5.82 Å². The van der Waals surface area contributed by atoms with Crippen LogP contribution in [0, 0.1) is 0 Å². The molecule has 2 atom stereocenters. The number of pyridine rings is 1. The first-order valence-electron chi connectivity index (χ1n) is 9.46. The lowest BCUT2D eigenvalue weighted by atomic mass is 10.3. The van der Waals surface area contributed by atoms with Gasteiger partial charge in [-0.3, -0.25) is 0 Å². The van der Waals surface area contributed by atoms with E-state index in [1.54, 1.807) is 0 Å². The Labute approximate surface area is 161 Å². The molecule has 0 radical (unpaired) electrons. The zero-order chi connectivity index (χ0) is 24.6. The van der Waals surface area contributed by atoms with E-state index in [0.29, 0.717) is 6.92 Å². The minimum atomic E-state index is -5.31. The maximum Gasteiger partial charge on any atom is 0.408 e. The largest absolute Gasteiger partial charge is 0.408 e. The van der Waals surface area contributed by atoms with Gasteiger partial charge in [-0.2, -0.15) is 41.3 Å². The van der Waals surface area contributed by atoms with E-state index < -0.39 is 66.8 Å². The van der Waals surface area contributed by atoms with Gasteiger partial charge in [0, 0.05) is 4.11 Å². The maximum atomic E-state index is 13.2. The van der Waals surface area contributed by atoms with Gasteiger partial charge in [0.2, 0.25) is 11.9 Å². The van der Waals surface area contributed by atoms with Crippen molar-refractivity contribution in [1.82, 2.24) is 19.9 Å². The number of halogens is 7. The fraction of sp³-hybridized carbons (Fsp3) is 0.429. The highest BCUT2D eigenvalue weighted by molar-refractivity contribution is 6.29. The Balaban J connectivity index is 2.64. The van der Waals surface area contributed by atoms with Crippen molar-refractivity contribution in [2.45, 2.75) is 38.2 Å². The van der Waals surface area contributed by atoms with E-state index in [-0.39, 0.29) is 5.15 Å². The highest BCUT2D eigenvalue weighted by atomic mass is 35.5. The van der Waals surface area contributed by atoms with E-state index >= 15 is 0 Å². The Bertz CT molecular complexity index is 972. The van der Waals surface area contributed by atoms with Gasteiger partial charge in [0.25, 0.3) is 0 Å².